The van der Waals surface area contributed by atoms with Crippen LogP contribution in [0, 0.1) is 0 Å². The first kappa shape index (κ1) is 16.7. The number of nitrogens with zero attached hydrogens (tertiary/aromatic N) is 3. The molecule has 0 spiro atoms. The number of benzene rings is 1. The van der Waals surface area contributed by atoms with Gasteiger partial charge in [-0.1, -0.05) is 0 Å². The number of thiazole rings is 1. The molecule has 1 aromatic carbocycles. The summed E-state index contributed by atoms with van der Waals surface area (Å²) in [6.45, 7) is 1.17. The van der Waals surface area contributed by atoms with Crippen LogP contribution in [0.15, 0.2) is 29.8 Å². The first-order chi connectivity index (χ1) is 11.5. The van der Waals surface area contributed by atoms with Crippen LogP contribution in [0.25, 0.3) is 10.9 Å². The van der Waals surface area contributed by atoms with Gasteiger partial charge in [0.1, 0.15) is 0 Å². The van der Waals surface area contributed by atoms with Crippen molar-refractivity contribution in [1.29, 1.82) is 0 Å². The largest absolute Gasteiger partial charge is 0.416 e. The second kappa shape index (κ2) is 6.78. The van der Waals surface area contributed by atoms with Gasteiger partial charge in [-0.3, -0.25) is 4.68 Å². The molecule has 9 heteroatoms. The molecule has 0 fully saturated rings. The second-order valence-electron chi connectivity index (χ2n) is 5.26. The third-order valence-corrected chi connectivity index (χ3v) is 4.25. The van der Waals surface area contributed by atoms with Crippen LogP contribution in [0.1, 0.15) is 18.4 Å². The number of fused-ring (bicyclic) bond motifs is 1. The zero-order valence-electron chi connectivity index (χ0n) is 12.7. The average molecular weight is 355 g/mol. The number of halogens is 3. The fourth-order valence-corrected chi connectivity index (χ4v) is 2.94. The Morgan fingerprint density at radius 2 is 2.08 bits per heavy atom. The minimum atomic E-state index is -4.39. The fourth-order valence-electron chi connectivity index (χ4n) is 2.41. The number of alkyl halides is 3. The van der Waals surface area contributed by atoms with E-state index < -0.39 is 11.7 Å². The lowest BCUT2D eigenvalue weighted by atomic mass is 10.1. The normalized spacial score (nSPS) is 12.0. The highest BCUT2D eigenvalue weighted by Crippen LogP contribution is 2.34. The van der Waals surface area contributed by atoms with Crippen LogP contribution in [0.4, 0.5) is 24.1 Å². The minimum absolute atomic E-state index is 0.374. The van der Waals surface area contributed by atoms with Crippen LogP contribution in [0.3, 0.4) is 0 Å². The van der Waals surface area contributed by atoms with Gasteiger partial charge in [0.2, 0.25) is 0 Å². The molecule has 3 rings (SSSR count). The zero-order chi connectivity index (χ0) is 17.2. The van der Waals surface area contributed by atoms with E-state index in [9.17, 15) is 13.2 Å². The molecular weight excluding hydrogens is 339 g/mol. The van der Waals surface area contributed by atoms with Crippen LogP contribution >= 0.6 is 11.3 Å². The molecule has 24 heavy (non-hydrogen) atoms. The highest BCUT2D eigenvalue weighted by molar-refractivity contribution is 7.13. The van der Waals surface area contributed by atoms with Crippen LogP contribution in [-0.2, 0) is 12.7 Å². The Labute approximate surface area is 140 Å². The van der Waals surface area contributed by atoms with Crippen LogP contribution < -0.4 is 11.1 Å². The van der Waals surface area contributed by atoms with E-state index in [1.54, 1.807) is 16.3 Å². The summed E-state index contributed by atoms with van der Waals surface area (Å²) in [4.78, 5) is 4.09. The van der Waals surface area contributed by atoms with Crippen LogP contribution in [0.2, 0.25) is 0 Å². The van der Waals surface area contributed by atoms with Crippen molar-refractivity contribution in [1.82, 2.24) is 14.8 Å². The quantitative estimate of drug-likeness (QED) is 0.656. The lowest BCUT2D eigenvalue weighted by Gasteiger charge is -2.07. The number of hydrogen-bond acceptors (Lipinski definition) is 5. The Balaban J connectivity index is 2.02. The maximum Gasteiger partial charge on any atom is 0.416 e. The van der Waals surface area contributed by atoms with Crippen molar-refractivity contribution in [3.8, 4) is 0 Å². The molecule has 0 aliphatic carbocycles. The van der Waals surface area contributed by atoms with Crippen LogP contribution in [-0.4, -0.2) is 21.3 Å². The molecule has 2 heterocycles. The third-order valence-electron chi connectivity index (χ3n) is 3.56. The molecule has 128 valence electrons. The summed E-state index contributed by atoms with van der Waals surface area (Å²) in [5.74, 6) is 0.374. The topological polar surface area (TPSA) is 68.8 Å². The Hall–Kier alpha value is -2.13. The summed E-state index contributed by atoms with van der Waals surface area (Å²) >= 11 is 1.36. The summed E-state index contributed by atoms with van der Waals surface area (Å²) in [6.07, 6.45) is -1.13. The van der Waals surface area contributed by atoms with Crippen molar-refractivity contribution in [3.05, 3.63) is 35.3 Å². The highest BCUT2D eigenvalue weighted by Gasteiger charge is 2.31. The monoisotopic (exact) mass is 355 g/mol. The number of nitrogens with one attached hydrogen (secondary N) is 1. The Kier molecular flexibility index (Phi) is 4.72. The molecule has 0 saturated carbocycles. The summed E-state index contributed by atoms with van der Waals surface area (Å²) in [7, 11) is 0. The fraction of sp³-hybridized carbons (Fsp3) is 0.333. The maximum absolute atomic E-state index is 13.0. The van der Waals surface area contributed by atoms with Crippen molar-refractivity contribution in [2.24, 2.45) is 5.73 Å². The average Bonchev–Trinajstić information content (AvgIpc) is 3.16. The molecule has 2 aromatic heterocycles. The number of aryl methyl sites for hydroxylation is 1. The van der Waals surface area contributed by atoms with Crippen molar-refractivity contribution >= 4 is 33.2 Å². The summed E-state index contributed by atoms with van der Waals surface area (Å²) < 4.78 is 40.7. The van der Waals surface area contributed by atoms with Gasteiger partial charge in [-0.05, 0) is 37.6 Å². The first-order valence-corrected chi connectivity index (χ1v) is 8.31. The van der Waals surface area contributed by atoms with E-state index in [1.165, 1.54) is 17.4 Å². The molecule has 0 radical (unpaired) electrons. The predicted octanol–water partition coefficient (Wildman–Crippen LogP) is 3.99. The predicted molar refractivity (Wildman–Crippen MR) is 88.4 cm³/mol. The van der Waals surface area contributed by atoms with Gasteiger partial charge in [0.05, 0.1) is 11.1 Å². The van der Waals surface area contributed by atoms with Gasteiger partial charge in [-0.15, -0.1) is 11.3 Å². The van der Waals surface area contributed by atoms with Gasteiger partial charge >= 0.3 is 6.18 Å². The van der Waals surface area contributed by atoms with Gasteiger partial charge < -0.3 is 11.1 Å². The number of anilines is 2. The number of unbranched alkanes of at least 4 members (excludes halogenated alkanes) is 1. The summed E-state index contributed by atoms with van der Waals surface area (Å²) in [5, 5.41) is 10.2. The molecule has 0 amide bonds. The van der Waals surface area contributed by atoms with Crippen LogP contribution in [0.5, 0.6) is 0 Å². The van der Waals surface area contributed by atoms with Crippen molar-refractivity contribution < 1.29 is 13.2 Å². The molecule has 0 atom stereocenters. The molecule has 0 aliphatic heterocycles. The van der Waals surface area contributed by atoms with Crippen molar-refractivity contribution in [3.63, 3.8) is 0 Å². The first-order valence-electron chi connectivity index (χ1n) is 7.43. The lowest BCUT2D eigenvalue weighted by molar-refractivity contribution is -0.137. The number of rotatable bonds is 6. The van der Waals surface area contributed by atoms with E-state index in [4.69, 9.17) is 5.73 Å². The highest BCUT2D eigenvalue weighted by atomic mass is 32.1. The van der Waals surface area contributed by atoms with Gasteiger partial charge in [-0.25, -0.2) is 4.98 Å². The number of hydrogen-bond donors (Lipinski definition) is 2. The minimum Gasteiger partial charge on any atom is -0.330 e. The van der Waals surface area contributed by atoms with E-state index in [0.29, 0.717) is 34.9 Å². The second-order valence-corrected chi connectivity index (χ2v) is 6.15. The smallest absolute Gasteiger partial charge is 0.330 e. The maximum atomic E-state index is 13.0. The van der Waals surface area contributed by atoms with Crippen molar-refractivity contribution in [2.45, 2.75) is 25.6 Å². The summed E-state index contributed by atoms with van der Waals surface area (Å²) in [6, 6.07) is 3.66. The lowest BCUT2D eigenvalue weighted by Crippen LogP contribution is -2.05. The molecule has 3 aromatic rings. The molecular formula is C15H16F3N5S. The third kappa shape index (κ3) is 3.51. The Bertz CT molecular complexity index is 810. The van der Waals surface area contributed by atoms with Crippen molar-refractivity contribution in [2.75, 3.05) is 11.9 Å². The van der Waals surface area contributed by atoms with Gasteiger partial charge in [0.25, 0.3) is 0 Å². The molecule has 0 aliphatic rings. The van der Waals surface area contributed by atoms with Gasteiger partial charge in [0, 0.05) is 23.5 Å². The summed E-state index contributed by atoms with van der Waals surface area (Å²) in [5.41, 5.74) is 5.45. The van der Waals surface area contributed by atoms with Gasteiger partial charge in [-0.2, -0.15) is 18.3 Å². The Morgan fingerprint density at radius 3 is 2.75 bits per heavy atom. The molecule has 0 unspecified atom stereocenters. The molecule has 0 bridgehead atoms. The number of aromatic nitrogens is 3. The van der Waals surface area contributed by atoms with E-state index in [2.05, 4.69) is 15.4 Å². The Morgan fingerprint density at radius 1 is 1.25 bits per heavy atom. The van der Waals surface area contributed by atoms with E-state index in [0.717, 1.165) is 25.0 Å². The van der Waals surface area contributed by atoms with Gasteiger partial charge in [0.15, 0.2) is 10.9 Å². The van der Waals surface area contributed by atoms with E-state index >= 15 is 0 Å². The zero-order valence-corrected chi connectivity index (χ0v) is 13.5. The molecule has 0 saturated heterocycles. The molecule has 5 nitrogen and oxygen atoms in total. The SMILES string of the molecule is NCCCCn1nc(Nc2nccs2)c2cc(C(F)(F)F)ccc21. The van der Waals surface area contributed by atoms with E-state index in [1.807, 2.05) is 0 Å². The molecule has 3 N–H and O–H groups in total. The van der Waals surface area contributed by atoms with E-state index in [-0.39, 0.29) is 0 Å². The number of nitrogens with two attached hydrogens (primary N) is 1. The standard InChI is InChI=1S/C15H16F3N5S/c16-15(17,18)10-3-4-12-11(9-10)13(21-14-20-6-8-24-14)22-23(12)7-2-1-5-19/h3-4,6,8-9H,1-2,5,7,19H2,(H,20,21,22).